The lowest BCUT2D eigenvalue weighted by molar-refractivity contribution is 0.378. The maximum Gasteiger partial charge on any atom is 0.144 e. The third-order valence-corrected chi connectivity index (χ3v) is 4.48. The van der Waals surface area contributed by atoms with Crippen LogP contribution in [-0.4, -0.2) is 21.7 Å². The van der Waals surface area contributed by atoms with Gasteiger partial charge in [-0.15, -0.1) is 0 Å². The van der Waals surface area contributed by atoms with Crippen LogP contribution in [0.15, 0.2) is 41.2 Å². The minimum atomic E-state index is 0.764. The average molecular weight is 306 g/mol. The maximum absolute atomic E-state index is 5.57. The lowest BCUT2D eigenvalue weighted by Gasteiger charge is -2.28. The first-order valence-electron chi connectivity index (χ1n) is 7.80. The SMILES string of the molecule is Cc1ncnc(N2CCc3onc(-c4ccccc4)c3C2)c1C. The van der Waals surface area contributed by atoms with E-state index in [0.717, 1.165) is 59.2 Å². The summed E-state index contributed by atoms with van der Waals surface area (Å²) >= 11 is 0. The number of hydrogen-bond donors (Lipinski definition) is 0. The number of aromatic nitrogens is 3. The third kappa shape index (κ3) is 2.38. The Balaban J connectivity index is 1.72. The highest BCUT2D eigenvalue weighted by Crippen LogP contribution is 2.32. The molecule has 0 unspecified atom stereocenters. The molecule has 1 aliphatic heterocycles. The van der Waals surface area contributed by atoms with Gasteiger partial charge >= 0.3 is 0 Å². The number of anilines is 1. The fourth-order valence-electron chi connectivity index (χ4n) is 3.06. The van der Waals surface area contributed by atoms with Gasteiger partial charge in [-0.2, -0.15) is 0 Å². The molecule has 23 heavy (non-hydrogen) atoms. The number of aryl methyl sites for hydroxylation is 1. The van der Waals surface area contributed by atoms with E-state index >= 15 is 0 Å². The molecule has 0 fully saturated rings. The largest absolute Gasteiger partial charge is 0.360 e. The number of benzene rings is 1. The Morgan fingerprint density at radius 3 is 2.74 bits per heavy atom. The van der Waals surface area contributed by atoms with Crippen LogP contribution in [0, 0.1) is 13.8 Å². The Hall–Kier alpha value is -2.69. The van der Waals surface area contributed by atoms with Crippen molar-refractivity contribution in [3.63, 3.8) is 0 Å². The van der Waals surface area contributed by atoms with Crippen molar-refractivity contribution in [3.05, 3.63) is 59.2 Å². The Labute approximate surface area is 135 Å². The van der Waals surface area contributed by atoms with E-state index in [2.05, 4.69) is 39.1 Å². The van der Waals surface area contributed by atoms with Crippen molar-refractivity contribution in [2.24, 2.45) is 0 Å². The quantitative estimate of drug-likeness (QED) is 0.727. The van der Waals surface area contributed by atoms with Gasteiger partial charge in [-0.3, -0.25) is 0 Å². The summed E-state index contributed by atoms with van der Waals surface area (Å²) in [7, 11) is 0. The van der Waals surface area contributed by atoms with E-state index in [1.54, 1.807) is 6.33 Å². The molecule has 0 radical (unpaired) electrons. The first-order valence-corrected chi connectivity index (χ1v) is 7.80. The van der Waals surface area contributed by atoms with Gasteiger partial charge in [-0.05, 0) is 13.8 Å². The van der Waals surface area contributed by atoms with Gasteiger partial charge in [-0.1, -0.05) is 35.5 Å². The molecule has 0 bridgehead atoms. The monoisotopic (exact) mass is 306 g/mol. The summed E-state index contributed by atoms with van der Waals surface area (Å²) in [5, 5.41) is 4.30. The normalized spacial score (nSPS) is 13.9. The summed E-state index contributed by atoms with van der Waals surface area (Å²) < 4.78 is 5.57. The average Bonchev–Trinajstić information content (AvgIpc) is 3.01. The number of fused-ring (bicyclic) bond motifs is 1. The van der Waals surface area contributed by atoms with E-state index in [1.165, 1.54) is 0 Å². The van der Waals surface area contributed by atoms with Gasteiger partial charge in [0.2, 0.25) is 0 Å². The highest BCUT2D eigenvalue weighted by Gasteiger charge is 2.26. The predicted molar refractivity (Wildman–Crippen MR) is 88.2 cm³/mol. The fraction of sp³-hybridized carbons (Fsp3) is 0.278. The minimum Gasteiger partial charge on any atom is -0.360 e. The molecule has 1 aromatic carbocycles. The van der Waals surface area contributed by atoms with Gasteiger partial charge < -0.3 is 9.42 Å². The number of rotatable bonds is 2. The lowest BCUT2D eigenvalue weighted by atomic mass is 10.0. The molecule has 5 heteroatoms. The molecular formula is C18H18N4O. The molecule has 0 amide bonds. The van der Waals surface area contributed by atoms with E-state index in [4.69, 9.17) is 4.52 Å². The van der Waals surface area contributed by atoms with Crippen molar-refractivity contribution in [2.75, 3.05) is 11.4 Å². The summed E-state index contributed by atoms with van der Waals surface area (Å²) in [6.45, 7) is 5.74. The first-order chi connectivity index (χ1) is 11.2. The zero-order valence-electron chi connectivity index (χ0n) is 13.3. The van der Waals surface area contributed by atoms with Gasteiger partial charge in [0.25, 0.3) is 0 Å². The molecule has 0 atom stereocenters. The van der Waals surface area contributed by atoms with Crippen LogP contribution in [0.4, 0.5) is 5.82 Å². The minimum absolute atomic E-state index is 0.764. The molecule has 0 saturated carbocycles. The summed E-state index contributed by atoms with van der Waals surface area (Å²) in [4.78, 5) is 11.0. The molecule has 0 saturated heterocycles. The zero-order chi connectivity index (χ0) is 15.8. The molecule has 4 rings (SSSR count). The molecule has 5 nitrogen and oxygen atoms in total. The Bertz CT molecular complexity index is 841. The predicted octanol–water partition coefficient (Wildman–Crippen LogP) is 3.31. The highest BCUT2D eigenvalue weighted by molar-refractivity contribution is 5.65. The molecule has 2 aromatic heterocycles. The standard InChI is InChI=1S/C18H18N4O/c1-12-13(2)19-11-20-18(12)22-9-8-16-15(10-22)17(21-23-16)14-6-4-3-5-7-14/h3-7,11H,8-10H2,1-2H3. The van der Waals surface area contributed by atoms with Gasteiger partial charge in [0.15, 0.2) is 0 Å². The van der Waals surface area contributed by atoms with Crippen LogP contribution in [0.3, 0.4) is 0 Å². The molecule has 0 N–H and O–H groups in total. The van der Waals surface area contributed by atoms with Crippen molar-refractivity contribution < 1.29 is 4.52 Å². The Kier molecular flexibility index (Phi) is 3.33. The second kappa shape index (κ2) is 5.50. The van der Waals surface area contributed by atoms with Crippen LogP contribution in [-0.2, 0) is 13.0 Å². The van der Waals surface area contributed by atoms with Crippen LogP contribution in [0.2, 0.25) is 0 Å². The summed E-state index contributed by atoms with van der Waals surface area (Å²) in [5.74, 6) is 1.99. The van der Waals surface area contributed by atoms with E-state index < -0.39 is 0 Å². The topological polar surface area (TPSA) is 55.1 Å². The van der Waals surface area contributed by atoms with E-state index in [9.17, 15) is 0 Å². The van der Waals surface area contributed by atoms with Crippen LogP contribution < -0.4 is 4.90 Å². The van der Waals surface area contributed by atoms with Crippen LogP contribution in [0.1, 0.15) is 22.6 Å². The van der Waals surface area contributed by atoms with E-state index in [-0.39, 0.29) is 0 Å². The Morgan fingerprint density at radius 2 is 1.91 bits per heavy atom. The van der Waals surface area contributed by atoms with Crippen molar-refractivity contribution in [2.45, 2.75) is 26.8 Å². The highest BCUT2D eigenvalue weighted by atomic mass is 16.5. The second-order valence-electron chi connectivity index (χ2n) is 5.88. The molecule has 3 aromatic rings. The van der Waals surface area contributed by atoms with Crippen molar-refractivity contribution in [1.82, 2.24) is 15.1 Å². The smallest absolute Gasteiger partial charge is 0.144 e. The molecular weight excluding hydrogens is 288 g/mol. The molecule has 116 valence electrons. The van der Waals surface area contributed by atoms with Crippen molar-refractivity contribution >= 4 is 5.82 Å². The third-order valence-electron chi connectivity index (χ3n) is 4.48. The van der Waals surface area contributed by atoms with Crippen LogP contribution in [0.25, 0.3) is 11.3 Å². The zero-order valence-corrected chi connectivity index (χ0v) is 13.3. The number of hydrogen-bond acceptors (Lipinski definition) is 5. The number of nitrogens with zero attached hydrogens (tertiary/aromatic N) is 4. The molecule has 1 aliphatic rings. The second-order valence-corrected chi connectivity index (χ2v) is 5.88. The summed E-state index contributed by atoms with van der Waals surface area (Å²) in [5.41, 5.74) is 5.35. The van der Waals surface area contributed by atoms with Gasteiger partial charge in [-0.25, -0.2) is 9.97 Å². The van der Waals surface area contributed by atoms with E-state index in [0.29, 0.717) is 0 Å². The fourth-order valence-corrected chi connectivity index (χ4v) is 3.06. The lowest BCUT2D eigenvalue weighted by Crippen LogP contribution is -2.31. The van der Waals surface area contributed by atoms with E-state index in [1.807, 2.05) is 25.1 Å². The van der Waals surface area contributed by atoms with Crippen LogP contribution >= 0.6 is 0 Å². The maximum atomic E-state index is 5.57. The molecule has 0 spiro atoms. The van der Waals surface area contributed by atoms with Gasteiger partial charge in [0, 0.05) is 35.3 Å². The summed E-state index contributed by atoms with van der Waals surface area (Å²) in [6, 6.07) is 10.2. The van der Waals surface area contributed by atoms with Crippen molar-refractivity contribution in [1.29, 1.82) is 0 Å². The van der Waals surface area contributed by atoms with Crippen LogP contribution in [0.5, 0.6) is 0 Å². The van der Waals surface area contributed by atoms with Crippen molar-refractivity contribution in [3.8, 4) is 11.3 Å². The molecule has 3 heterocycles. The van der Waals surface area contributed by atoms with Gasteiger partial charge in [0.05, 0.1) is 6.54 Å². The first kappa shape index (κ1) is 13.9. The summed E-state index contributed by atoms with van der Waals surface area (Å²) in [6.07, 6.45) is 2.48. The Morgan fingerprint density at radius 1 is 1.09 bits per heavy atom. The molecule has 0 aliphatic carbocycles. The van der Waals surface area contributed by atoms with Gasteiger partial charge in [0.1, 0.15) is 23.6 Å².